The van der Waals surface area contributed by atoms with Crippen LogP contribution in [0.25, 0.3) is 0 Å². The normalized spacial score (nSPS) is 12.1. The van der Waals surface area contributed by atoms with Gasteiger partial charge in [0.2, 0.25) is 0 Å². The van der Waals surface area contributed by atoms with Crippen molar-refractivity contribution in [2.45, 2.75) is 32.7 Å². The molecule has 0 aliphatic rings. The van der Waals surface area contributed by atoms with Crippen LogP contribution in [0, 0.1) is 11.7 Å². The van der Waals surface area contributed by atoms with Crippen LogP contribution in [0.5, 0.6) is 5.75 Å². The largest absolute Gasteiger partial charge is 0.496 e. The molecule has 0 fully saturated rings. The highest BCUT2D eigenvalue weighted by molar-refractivity contribution is 5.85. The van der Waals surface area contributed by atoms with E-state index in [1.165, 1.54) is 13.2 Å². The number of methoxy groups -OCH3 is 1. The lowest BCUT2D eigenvalue weighted by Gasteiger charge is -2.17. The van der Waals surface area contributed by atoms with Crippen LogP contribution in [0.1, 0.15) is 38.3 Å². The van der Waals surface area contributed by atoms with Crippen molar-refractivity contribution in [2.75, 3.05) is 7.11 Å². The van der Waals surface area contributed by atoms with Gasteiger partial charge < -0.3 is 10.5 Å². The number of rotatable bonds is 5. The molecule has 0 aliphatic carbocycles. The quantitative estimate of drug-likeness (QED) is 0.877. The lowest BCUT2D eigenvalue weighted by molar-refractivity contribution is 0.393. The van der Waals surface area contributed by atoms with Gasteiger partial charge in [-0.1, -0.05) is 19.9 Å². The van der Waals surface area contributed by atoms with Gasteiger partial charge in [0.15, 0.2) is 0 Å². The predicted octanol–water partition coefficient (Wildman–Crippen LogP) is 3.69. The molecular formula is C13H21ClFNO. The first-order valence-corrected chi connectivity index (χ1v) is 5.64. The van der Waals surface area contributed by atoms with Crippen molar-refractivity contribution < 1.29 is 9.13 Å². The van der Waals surface area contributed by atoms with Gasteiger partial charge in [-0.15, -0.1) is 12.4 Å². The number of nitrogens with two attached hydrogens (primary N) is 1. The van der Waals surface area contributed by atoms with E-state index in [4.69, 9.17) is 10.5 Å². The second kappa shape index (κ2) is 7.51. The van der Waals surface area contributed by atoms with Gasteiger partial charge >= 0.3 is 0 Å². The minimum absolute atomic E-state index is 0. The van der Waals surface area contributed by atoms with Crippen molar-refractivity contribution >= 4 is 12.4 Å². The maximum absolute atomic E-state index is 13.7. The summed E-state index contributed by atoms with van der Waals surface area (Å²) < 4.78 is 18.8. The third kappa shape index (κ3) is 4.52. The van der Waals surface area contributed by atoms with Gasteiger partial charge in [0.1, 0.15) is 11.6 Å². The van der Waals surface area contributed by atoms with E-state index in [9.17, 15) is 4.39 Å². The van der Waals surface area contributed by atoms with E-state index in [2.05, 4.69) is 13.8 Å². The Morgan fingerprint density at radius 2 is 1.94 bits per heavy atom. The Balaban J connectivity index is 0.00000256. The van der Waals surface area contributed by atoms with Crippen LogP contribution < -0.4 is 10.5 Å². The molecule has 98 valence electrons. The van der Waals surface area contributed by atoms with Crippen LogP contribution in [0.15, 0.2) is 18.2 Å². The standard InChI is InChI=1S/C13H20FNO.ClH/c1-9(2)7-8-11(15)13-10(14)5-4-6-12(13)16-3;/h4-6,9,11H,7-8,15H2,1-3H3;1H/t11-;/m1./s1. The molecule has 0 bridgehead atoms. The summed E-state index contributed by atoms with van der Waals surface area (Å²) in [5.74, 6) is 0.829. The minimum atomic E-state index is -0.293. The third-order valence-corrected chi connectivity index (χ3v) is 2.66. The van der Waals surface area contributed by atoms with Crippen LogP contribution in [0.4, 0.5) is 4.39 Å². The highest BCUT2D eigenvalue weighted by Gasteiger charge is 2.16. The zero-order valence-electron chi connectivity index (χ0n) is 10.6. The first kappa shape index (κ1) is 16.2. The zero-order valence-corrected chi connectivity index (χ0v) is 11.4. The highest BCUT2D eigenvalue weighted by Crippen LogP contribution is 2.29. The van der Waals surface area contributed by atoms with Crippen molar-refractivity contribution in [3.63, 3.8) is 0 Å². The summed E-state index contributed by atoms with van der Waals surface area (Å²) in [5.41, 5.74) is 6.49. The highest BCUT2D eigenvalue weighted by atomic mass is 35.5. The van der Waals surface area contributed by atoms with Gasteiger partial charge in [0.05, 0.1) is 7.11 Å². The molecule has 1 atom stereocenters. The van der Waals surface area contributed by atoms with Crippen LogP contribution in [0.2, 0.25) is 0 Å². The molecule has 17 heavy (non-hydrogen) atoms. The molecule has 1 rings (SSSR count). The van der Waals surface area contributed by atoms with Gasteiger partial charge in [-0.2, -0.15) is 0 Å². The Morgan fingerprint density at radius 3 is 2.47 bits per heavy atom. The fourth-order valence-electron chi connectivity index (χ4n) is 1.71. The van der Waals surface area contributed by atoms with Crippen molar-refractivity contribution in [3.8, 4) is 5.75 Å². The van der Waals surface area contributed by atoms with Gasteiger partial charge in [-0.3, -0.25) is 0 Å². The molecule has 0 amide bonds. The van der Waals surface area contributed by atoms with E-state index in [0.29, 0.717) is 17.2 Å². The van der Waals surface area contributed by atoms with E-state index >= 15 is 0 Å². The third-order valence-electron chi connectivity index (χ3n) is 2.66. The second-order valence-electron chi connectivity index (χ2n) is 4.43. The fourth-order valence-corrected chi connectivity index (χ4v) is 1.71. The second-order valence-corrected chi connectivity index (χ2v) is 4.43. The van der Waals surface area contributed by atoms with Crippen molar-refractivity contribution in [2.24, 2.45) is 11.7 Å². The summed E-state index contributed by atoms with van der Waals surface area (Å²) >= 11 is 0. The number of ether oxygens (including phenoxy) is 1. The molecule has 1 aromatic rings. The molecular weight excluding hydrogens is 241 g/mol. The van der Waals surface area contributed by atoms with Crippen molar-refractivity contribution in [3.05, 3.63) is 29.6 Å². The maximum Gasteiger partial charge on any atom is 0.131 e. The summed E-state index contributed by atoms with van der Waals surface area (Å²) in [6.07, 6.45) is 1.76. The molecule has 0 aromatic heterocycles. The molecule has 2 nitrogen and oxygen atoms in total. The maximum atomic E-state index is 13.7. The number of benzene rings is 1. The summed E-state index contributed by atoms with van der Waals surface area (Å²) in [6.45, 7) is 4.26. The smallest absolute Gasteiger partial charge is 0.131 e. The van der Waals surface area contributed by atoms with E-state index in [-0.39, 0.29) is 24.3 Å². The average Bonchev–Trinajstić information content (AvgIpc) is 2.25. The molecule has 4 heteroatoms. The molecule has 1 aromatic carbocycles. The minimum Gasteiger partial charge on any atom is -0.496 e. The lowest BCUT2D eigenvalue weighted by atomic mass is 9.97. The van der Waals surface area contributed by atoms with Gasteiger partial charge in [-0.05, 0) is 30.9 Å². The van der Waals surface area contributed by atoms with Crippen LogP contribution >= 0.6 is 12.4 Å². The summed E-state index contributed by atoms with van der Waals surface area (Å²) in [6, 6.07) is 4.51. The Hall–Kier alpha value is -0.800. The van der Waals surface area contributed by atoms with Crippen molar-refractivity contribution in [1.82, 2.24) is 0 Å². The van der Waals surface area contributed by atoms with E-state index in [1.807, 2.05) is 0 Å². The number of hydrogen-bond donors (Lipinski definition) is 1. The van der Waals surface area contributed by atoms with Crippen LogP contribution in [-0.4, -0.2) is 7.11 Å². The average molecular weight is 262 g/mol. The van der Waals surface area contributed by atoms with Crippen molar-refractivity contribution in [1.29, 1.82) is 0 Å². The van der Waals surface area contributed by atoms with Gasteiger partial charge in [-0.25, -0.2) is 4.39 Å². The molecule has 0 radical (unpaired) electrons. The molecule has 0 spiro atoms. The van der Waals surface area contributed by atoms with E-state index in [1.54, 1.807) is 12.1 Å². The van der Waals surface area contributed by atoms with Crippen LogP contribution in [-0.2, 0) is 0 Å². The monoisotopic (exact) mass is 261 g/mol. The number of halogens is 2. The summed E-state index contributed by atoms with van der Waals surface area (Å²) in [4.78, 5) is 0. The molecule has 2 N–H and O–H groups in total. The van der Waals surface area contributed by atoms with E-state index in [0.717, 1.165) is 12.8 Å². The zero-order chi connectivity index (χ0) is 12.1. The first-order valence-electron chi connectivity index (χ1n) is 5.64. The Morgan fingerprint density at radius 1 is 1.29 bits per heavy atom. The first-order chi connectivity index (χ1) is 7.56. The van der Waals surface area contributed by atoms with Gasteiger partial charge in [0, 0.05) is 11.6 Å². The molecule has 0 aliphatic heterocycles. The van der Waals surface area contributed by atoms with Gasteiger partial charge in [0.25, 0.3) is 0 Å². The number of hydrogen-bond acceptors (Lipinski definition) is 2. The molecule has 0 saturated heterocycles. The lowest BCUT2D eigenvalue weighted by Crippen LogP contribution is -2.14. The predicted molar refractivity (Wildman–Crippen MR) is 71.2 cm³/mol. The Bertz CT molecular complexity index is 344. The summed E-state index contributed by atoms with van der Waals surface area (Å²) in [5, 5.41) is 0. The Labute approximate surface area is 109 Å². The summed E-state index contributed by atoms with van der Waals surface area (Å²) in [7, 11) is 1.54. The molecule has 0 unspecified atom stereocenters. The molecule has 0 heterocycles. The SMILES string of the molecule is COc1cccc(F)c1[C@H](N)CCC(C)C.Cl. The fraction of sp³-hybridized carbons (Fsp3) is 0.538. The topological polar surface area (TPSA) is 35.2 Å². The molecule has 0 saturated carbocycles. The Kier molecular flexibility index (Phi) is 7.16. The van der Waals surface area contributed by atoms with Crippen LogP contribution in [0.3, 0.4) is 0 Å². The van der Waals surface area contributed by atoms with E-state index < -0.39 is 0 Å².